The van der Waals surface area contributed by atoms with Crippen LogP contribution in [0.4, 0.5) is 4.39 Å². The zero-order valence-corrected chi connectivity index (χ0v) is 8.42. The van der Waals surface area contributed by atoms with E-state index in [2.05, 4.69) is 0 Å². The van der Waals surface area contributed by atoms with Gasteiger partial charge in [-0.2, -0.15) is 0 Å². The summed E-state index contributed by atoms with van der Waals surface area (Å²) in [7, 11) is 0. The van der Waals surface area contributed by atoms with E-state index in [0.717, 1.165) is 19.4 Å². The molecule has 13 heavy (non-hydrogen) atoms. The fourth-order valence-electron chi connectivity index (χ4n) is 1.66. The summed E-state index contributed by atoms with van der Waals surface area (Å²) >= 11 is 0. The Bertz CT molecular complexity index is 182. The van der Waals surface area contributed by atoms with Crippen molar-refractivity contribution in [2.24, 2.45) is 5.92 Å². The first-order valence-corrected chi connectivity index (χ1v) is 5.04. The van der Waals surface area contributed by atoms with Crippen molar-refractivity contribution in [3.05, 3.63) is 0 Å². The van der Waals surface area contributed by atoms with Crippen LogP contribution in [0.1, 0.15) is 33.1 Å². The number of carbonyl (C=O) groups excluding carboxylic acids is 1. The molecule has 1 rings (SSSR count). The second-order valence-electron chi connectivity index (χ2n) is 4.03. The quantitative estimate of drug-likeness (QED) is 0.614. The highest BCUT2D eigenvalue weighted by molar-refractivity contribution is 5.78. The summed E-state index contributed by atoms with van der Waals surface area (Å²) in [5.41, 5.74) is 0. The van der Waals surface area contributed by atoms with Gasteiger partial charge in [0.2, 0.25) is 5.91 Å². The van der Waals surface area contributed by atoms with Gasteiger partial charge in [-0.3, -0.25) is 4.79 Å². The Morgan fingerprint density at radius 3 is 2.77 bits per heavy atom. The van der Waals surface area contributed by atoms with Crippen molar-refractivity contribution in [2.75, 3.05) is 13.1 Å². The topological polar surface area (TPSA) is 20.3 Å². The van der Waals surface area contributed by atoms with Crippen molar-refractivity contribution >= 4 is 5.91 Å². The van der Waals surface area contributed by atoms with Gasteiger partial charge in [0.25, 0.3) is 0 Å². The van der Waals surface area contributed by atoms with E-state index in [0.29, 0.717) is 13.0 Å². The molecule has 3 heteroatoms. The molecule has 1 heterocycles. The van der Waals surface area contributed by atoms with E-state index in [9.17, 15) is 9.18 Å². The number of hydrogen-bond acceptors (Lipinski definition) is 1. The van der Waals surface area contributed by atoms with Gasteiger partial charge in [0, 0.05) is 12.5 Å². The monoisotopic (exact) mass is 187 g/mol. The highest BCUT2D eigenvalue weighted by atomic mass is 19.1. The predicted molar refractivity (Wildman–Crippen MR) is 50.2 cm³/mol. The Morgan fingerprint density at radius 1 is 1.46 bits per heavy atom. The number of rotatable bonds is 1. The molecule has 0 aromatic heterocycles. The number of amides is 1. The Morgan fingerprint density at radius 2 is 2.15 bits per heavy atom. The molecule has 1 atom stereocenters. The highest BCUT2D eigenvalue weighted by Crippen LogP contribution is 2.15. The molecule has 0 radical (unpaired) electrons. The molecule has 1 saturated heterocycles. The van der Waals surface area contributed by atoms with Crippen molar-refractivity contribution < 1.29 is 9.18 Å². The summed E-state index contributed by atoms with van der Waals surface area (Å²) in [4.78, 5) is 13.2. The molecular formula is C10H18FNO. The fourth-order valence-corrected chi connectivity index (χ4v) is 1.66. The lowest BCUT2D eigenvalue weighted by Crippen LogP contribution is -2.37. The molecule has 1 aliphatic heterocycles. The zero-order chi connectivity index (χ0) is 9.84. The van der Waals surface area contributed by atoms with Gasteiger partial charge < -0.3 is 4.90 Å². The standard InChI is InChI=1S/C10H18FNO/c1-8(2)10(13)12-6-4-3-5-9(11)7-12/h8-9H,3-7H2,1-2H3. The molecule has 1 amide bonds. The summed E-state index contributed by atoms with van der Waals surface area (Å²) < 4.78 is 13.1. The maximum absolute atomic E-state index is 13.1. The summed E-state index contributed by atoms with van der Waals surface area (Å²) in [6.45, 7) is 4.76. The molecular weight excluding hydrogens is 169 g/mol. The van der Waals surface area contributed by atoms with Gasteiger partial charge in [0.15, 0.2) is 0 Å². The molecule has 0 saturated carbocycles. The fraction of sp³-hybridized carbons (Fsp3) is 0.900. The third-order valence-electron chi connectivity index (χ3n) is 2.42. The summed E-state index contributed by atoms with van der Waals surface area (Å²) in [6.07, 6.45) is 1.65. The van der Waals surface area contributed by atoms with Crippen LogP contribution in [-0.2, 0) is 4.79 Å². The number of alkyl halides is 1. The summed E-state index contributed by atoms with van der Waals surface area (Å²) in [6, 6.07) is 0. The Balaban J connectivity index is 2.52. The molecule has 1 fully saturated rings. The molecule has 0 bridgehead atoms. The van der Waals surface area contributed by atoms with E-state index in [1.54, 1.807) is 4.90 Å². The van der Waals surface area contributed by atoms with Gasteiger partial charge >= 0.3 is 0 Å². The molecule has 0 aromatic rings. The van der Waals surface area contributed by atoms with Crippen molar-refractivity contribution in [1.29, 1.82) is 0 Å². The Hall–Kier alpha value is -0.600. The van der Waals surface area contributed by atoms with Crippen LogP contribution in [0.2, 0.25) is 0 Å². The molecule has 76 valence electrons. The van der Waals surface area contributed by atoms with Gasteiger partial charge in [-0.05, 0) is 19.3 Å². The second-order valence-corrected chi connectivity index (χ2v) is 4.03. The van der Waals surface area contributed by atoms with Gasteiger partial charge in [0.1, 0.15) is 6.17 Å². The number of hydrogen-bond donors (Lipinski definition) is 0. The number of carbonyl (C=O) groups is 1. The van der Waals surface area contributed by atoms with Crippen LogP contribution < -0.4 is 0 Å². The summed E-state index contributed by atoms with van der Waals surface area (Å²) in [5, 5.41) is 0. The van der Waals surface area contributed by atoms with E-state index in [-0.39, 0.29) is 11.8 Å². The van der Waals surface area contributed by atoms with Crippen LogP contribution in [0.5, 0.6) is 0 Å². The smallest absolute Gasteiger partial charge is 0.225 e. The first-order valence-electron chi connectivity index (χ1n) is 5.04. The molecule has 0 N–H and O–H groups in total. The van der Waals surface area contributed by atoms with Crippen molar-refractivity contribution in [2.45, 2.75) is 39.3 Å². The second kappa shape index (κ2) is 4.58. The van der Waals surface area contributed by atoms with Gasteiger partial charge in [0.05, 0.1) is 6.54 Å². The lowest BCUT2D eigenvalue weighted by Gasteiger charge is -2.23. The number of halogens is 1. The van der Waals surface area contributed by atoms with E-state index >= 15 is 0 Å². The predicted octanol–water partition coefficient (Wildman–Crippen LogP) is 1.99. The Kier molecular flexibility index (Phi) is 3.70. The largest absolute Gasteiger partial charge is 0.340 e. The van der Waals surface area contributed by atoms with Crippen molar-refractivity contribution in [3.63, 3.8) is 0 Å². The first-order chi connectivity index (χ1) is 6.11. The molecule has 2 nitrogen and oxygen atoms in total. The number of nitrogens with zero attached hydrogens (tertiary/aromatic N) is 1. The van der Waals surface area contributed by atoms with Crippen LogP contribution >= 0.6 is 0 Å². The zero-order valence-electron chi connectivity index (χ0n) is 8.42. The Labute approximate surface area is 79.1 Å². The maximum Gasteiger partial charge on any atom is 0.225 e. The minimum absolute atomic E-state index is 0.00898. The summed E-state index contributed by atoms with van der Waals surface area (Å²) in [5.74, 6) is 0.0786. The van der Waals surface area contributed by atoms with Crippen LogP contribution in [-0.4, -0.2) is 30.1 Å². The third kappa shape index (κ3) is 2.98. The van der Waals surface area contributed by atoms with E-state index < -0.39 is 6.17 Å². The van der Waals surface area contributed by atoms with Crippen molar-refractivity contribution in [1.82, 2.24) is 4.90 Å². The normalized spacial score (nSPS) is 24.6. The van der Waals surface area contributed by atoms with Crippen LogP contribution in [0, 0.1) is 5.92 Å². The lowest BCUT2D eigenvalue weighted by molar-refractivity contribution is -0.135. The van der Waals surface area contributed by atoms with Crippen LogP contribution in [0.3, 0.4) is 0 Å². The van der Waals surface area contributed by atoms with E-state index in [1.807, 2.05) is 13.8 Å². The molecule has 0 spiro atoms. The molecule has 0 aromatic carbocycles. The van der Waals surface area contributed by atoms with E-state index in [4.69, 9.17) is 0 Å². The average Bonchev–Trinajstić information content (AvgIpc) is 2.28. The van der Waals surface area contributed by atoms with Crippen LogP contribution in [0.15, 0.2) is 0 Å². The average molecular weight is 187 g/mol. The third-order valence-corrected chi connectivity index (χ3v) is 2.42. The minimum Gasteiger partial charge on any atom is -0.340 e. The minimum atomic E-state index is -0.815. The van der Waals surface area contributed by atoms with Crippen LogP contribution in [0.25, 0.3) is 0 Å². The lowest BCUT2D eigenvalue weighted by atomic mass is 10.2. The maximum atomic E-state index is 13.1. The molecule has 0 aliphatic carbocycles. The highest BCUT2D eigenvalue weighted by Gasteiger charge is 2.22. The van der Waals surface area contributed by atoms with Crippen molar-refractivity contribution in [3.8, 4) is 0 Å². The van der Waals surface area contributed by atoms with Gasteiger partial charge in [-0.1, -0.05) is 13.8 Å². The van der Waals surface area contributed by atoms with Gasteiger partial charge in [-0.25, -0.2) is 4.39 Å². The first kappa shape index (κ1) is 10.5. The number of likely N-dealkylation sites (tertiary alicyclic amines) is 1. The molecule has 1 unspecified atom stereocenters. The molecule has 1 aliphatic rings. The van der Waals surface area contributed by atoms with Gasteiger partial charge in [-0.15, -0.1) is 0 Å². The SMILES string of the molecule is CC(C)C(=O)N1CCCCC(F)C1. The van der Waals surface area contributed by atoms with E-state index in [1.165, 1.54) is 0 Å².